The molecule has 0 radical (unpaired) electrons. The molecule has 5 nitrogen and oxygen atoms in total. The molecule has 0 aromatic heterocycles. The lowest BCUT2D eigenvalue weighted by atomic mass is 9.99. The van der Waals surface area contributed by atoms with Gasteiger partial charge in [-0.3, -0.25) is 0 Å². The zero-order valence-corrected chi connectivity index (χ0v) is 11.6. The van der Waals surface area contributed by atoms with E-state index in [-0.39, 0.29) is 0 Å². The molecule has 0 aliphatic carbocycles. The van der Waals surface area contributed by atoms with Crippen LogP contribution < -0.4 is 28.7 Å². The van der Waals surface area contributed by atoms with Crippen LogP contribution >= 0.6 is 0 Å². The van der Waals surface area contributed by atoms with Gasteiger partial charge in [0.2, 0.25) is 0 Å². The lowest BCUT2D eigenvalue weighted by molar-refractivity contribution is 0.966. The van der Waals surface area contributed by atoms with Crippen molar-refractivity contribution < 1.29 is 0 Å². The Balaban J connectivity index is 2.21. The first-order valence-electron chi connectivity index (χ1n) is 6.46. The molecule has 0 heterocycles. The molecule has 2 aromatic rings. The van der Waals surface area contributed by atoms with E-state index in [1.807, 2.05) is 31.2 Å². The molecule has 5 heteroatoms. The smallest absolute Gasteiger partial charge is 0.0781 e. The number of benzene rings is 2. The number of nitrogens with two attached hydrogens (primary N) is 5. The monoisotopic (exact) mass is 271 g/mol. The van der Waals surface area contributed by atoms with Gasteiger partial charge in [-0.15, -0.1) is 0 Å². The highest BCUT2D eigenvalue weighted by atomic mass is 14.7. The van der Waals surface area contributed by atoms with Crippen LogP contribution in [0.3, 0.4) is 0 Å². The Hall–Kier alpha value is -2.56. The lowest BCUT2D eigenvalue weighted by Gasteiger charge is -2.12. The fourth-order valence-corrected chi connectivity index (χ4v) is 2.34. The van der Waals surface area contributed by atoms with Crippen LogP contribution in [0.4, 0.5) is 28.4 Å². The van der Waals surface area contributed by atoms with E-state index in [2.05, 4.69) is 0 Å². The van der Waals surface area contributed by atoms with Crippen LogP contribution in [0.1, 0.15) is 16.7 Å². The molecule has 2 aromatic carbocycles. The first-order chi connectivity index (χ1) is 9.38. The van der Waals surface area contributed by atoms with Gasteiger partial charge in [-0.05, 0) is 60.7 Å². The van der Waals surface area contributed by atoms with Crippen LogP contribution in [0.2, 0.25) is 0 Å². The number of anilines is 5. The minimum atomic E-state index is 0.433. The van der Waals surface area contributed by atoms with Crippen LogP contribution in [-0.4, -0.2) is 0 Å². The summed E-state index contributed by atoms with van der Waals surface area (Å²) in [6.07, 6.45) is 1.49. The van der Waals surface area contributed by atoms with Gasteiger partial charge in [-0.25, -0.2) is 0 Å². The SMILES string of the molecule is Cc1cc(N)c(CCc2cc(N)c(N)c(N)c2)c(N)c1. The fourth-order valence-electron chi connectivity index (χ4n) is 2.34. The summed E-state index contributed by atoms with van der Waals surface area (Å²) >= 11 is 0. The molecule has 0 unspecified atom stereocenters. The summed E-state index contributed by atoms with van der Waals surface area (Å²) in [6, 6.07) is 7.54. The summed E-state index contributed by atoms with van der Waals surface area (Å²) < 4.78 is 0. The van der Waals surface area contributed by atoms with E-state index in [4.69, 9.17) is 28.7 Å². The molecule has 2 rings (SSSR count). The average Bonchev–Trinajstić information content (AvgIpc) is 2.34. The van der Waals surface area contributed by atoms with Gasteiger partial charge >= 0.3 is 0 Å². The van der Waals surface area contributed by atoms with E-state index in [1.165, 1.54) is 0 Å². The summed E-state index contributed by atoms with van der Waals surface area (Å²) in [7, 11) is 0. The van der Waals surface area contributed by atoms with Gasteiger partial charge in [0.25, 0.3) is 0 Å². The third-order valence-corrected chi connectivity index (χ3v) is 3.43. The van der Waals surface area contributed by atoms with Crippen molar-refractivity contribution >= 4 is 28.4 Å². The number of nitrogen functional groups attached to an aromatic ring is 5. The van der Waals surface area contributed by atoms with Crippen LogP contribution in [0.5, 0.6) is 0 Å². The van der Waals surface area contributed by atoms with Crippen LogP contribution in [0.25, 0.3) is 0 Å². The number of hydrogen-bond acceptors (Lipinski definition) is 5. The summed E-state index contributed by atoms with van der Waals surface area (Å²) in [5, 5.41) is 0. The first kappa shape index (κ1) is 13.9. The summed E-state index contributed by atoms with van der Waals surface area (Å²) in [5.41, 5.74) is 35.3. The summed E-state index contributed by atoms with van der Waals surface area (Å²) in [6.45, 7) is 1.97. The van der Waals surface area contributed by atoms with Crippen molar-refractivity contribution in [2.75, 3.05) is 28.7 Å². The van der Waals surface area contributed by atoms with E-state index >= 15 is 0 Å². The second-order valence-corrected chi connectivity index (χ2v) is 5.11. The van der Waals surface area contributed by atoms with Gasteiger partial charge in [-0.2, -0.15) is 0 Å². The van der Waals surface area contributed by atoms with Crippen molar-refractivity contribution in [2.45, 2.75) is 19.8 Å². The van der Waals surface area contributed by atoms with E-state index in [1.54, 1.807) is 0 Å². The Morgan fingerprint density at radius 1 is 0.700 bits per heavy atom. The predicted molar refractivity (Wildman–Crippen MR) is 87.1 cm³/mol. The van der Waals surface area contributed by atoms with Crippen molar-refractivity contribution in [3.8, 4) is 0 Å². The Kier molecular flexibility index (Phi) is 3.61. The van der Waals surface area contributed by atoms with E-state index < -0.39 is 0 Å². The van der Waals surface area contributed by atoms with E-state index in [9.17, 15) is 0 Å². The molecular formula is C15H21N5. The summed E-state index contributed by atoms with van der Waals surface area (Å²) in [4.78, 5) is 0. The Bertz CT molecular complexity index is 603. The normalized spacial score (nSPS) is 10.7. The Morgan fingerprint density at radius 2 is 1.20 bits per heavy atom. The lowest BCUT2D eigenvalue weighted by Crippen LogP contribution is -2.05. The highest BCUT2D eigenvalue weighted by molar-refractivity contribution is 5.78. The molecule has 0 amide bonds. The van der Waals surface area contributed by atoms with Gasteiger partial charge in [0.1, 0.15) is 0 Å². The van der Waals surface area contributed by atoms with Gasteiger partial charge in [-0.1, -0.05) is 0 Å². The molecule has 106 valence electrons. The molecule has 0 aliphatic heterocycles. The van der Waals surface area contributed by atoms with Crippen LogP contribution in [-0.2, 0) is 12.8 Å². The maximum atomic E-state index is 6.02. The third-order valence-electron chi connectivity index (χ3n) is 3.43. The van der Waals surface area contributed by atoms with Crippen molar-refractivity contribution in [3.05, 3.63) is 41.0 Å². The number of aryl methyl sites for hydroxylation is 2. The van der Waals surface area contributed by atoms with Crippen LogP contribution in [0.15, 0.2) is 24.3 Å². The Labute approximate surface area is 118 Å². The van der Waals surface area contributed by atoms with E-state index in [0.29, 0.717) is 17.1 Å². The predicted octanol–water partition coefficient (Wildman–Crippen LogP) is 1.69. The molecule has 0 aliphatic rings. The van der Waals surface area contributed by atoms with Crippen LogP contribution in [0, 0.1) is 6.92 Å². The quantitative estimate of drug-likeness (QED) is 0.542. The highest BCUT2D eigenvalue weighted by Gasteiger charge is 2.08. The molecule has 10 N–H and O–H groups in total. The van der Waals surface area contributed by atoms with Gasteiger partial charge in [0, 0.05) is 11.4 Å². The average molecular weight is 271 g/mol. The minimum absolute atomic E-state index is 0.433. The molecular weight excluding hydrogens is 250 g/mol. The number of hydrogen-bond donors (Lipinski definition) is 5. The third kappa shape index (κ3) is 2.71. The van der Waals surface area contributed by atoms with E-state index in [0.717, 1.165) is 40.9 Å². The maximum absolute atomic E-state index is 6.02. The van der Waals surface area contributed by atoms with Gasteiger partial charge < -0.3 is 28.7 Å². The topological polar surface area (TPSA) is 130 Å². The Morgan fingerprint density at radius 3 is 1.70 bits per heavy atom. The van der Waals surface area contributed by atoms with Crippen molar-refractivity contribution in [1.29, 1.82) is 0 Å². The minimum Gasteiger partial charge on any atom is -0.398 e. The fraction of sp³-hybridized carbons (Fsp3) is 0.200. The van der Waals surface area contributed by atoms with Gasteiger partial charge in [0.05, 0.1) is 17.1 Å². The molecule has 20 heavy (non-hydrogen) atoms. The second-order valence-electron chi connectivity index (χ2n) is 5.11. The molecule has 0 spiro atoms. The van der Waals surface area contributed by atoms with Gasteiger partial charge in [0.15, 0.2) is 0 Å². The molecule has 0 saturated heterocycles. The zero-order valence-electron chi connectivity index (χ0n) is 11.6. The van der Waals surface area contributed by atoms with Crippen molar-refractivity contribution in [2.24, 2.45) is 0 Å². The largest absolute Gasteiger partial charge is 0.398 e. The maximum Gasteiger partial charge on any atom is 0.0781 e. The second kappa shape index (κ2) is 5.21. The van der Waals surface area contributed by atoms with Crippen molar-refractivity contribution in [1.82, 2.24) is 0 Å². The van der Waals surface area contributed by atoms with Crippen molar-refractivity contribution in [3.63, 3.8) is 0 Å². The molecule has 0 atom stereocenters. The zero-order chi connectivity index (χ0) is 14.9. The number of rotatable bonds is 3. The highest BCUT2D eigenvalue weighted by Crippen LogP contribution is 2.27. The standard InChI is InChI=1S/C15H21N5/c1-8-4-11(16)10(12(17)5-8)3-2-9-6-13(18)15(20)14(19)7-9/h4-7H,2-3,16-20H2,1H3. The molecule has 0 saturated carbocycles. The summed E-state index contributed by atoms with van der Waals surface area (Å²) in [5.74, 6) is 0. The first-order valence-corrected chi connectivity index (χ1v) is 6.46. The molecule has 0 fully saturated rings. The molecule has 0 bridgehead atoms.